The monoisotopic (exact) mass is 453 g/mol. The molecular formula is C20H20ClNO7S. The Morgan fingerprint density at radius 2 is 1.93 bits per heavy atom. The highest BCUT2D eigenvalue weighted by Crippen LogP contribution is 2.39. The van der Waals surface area contributed by atoms with Crippen molar-refractivity contribution in [1.29, 1.82) is 0 Å². The quantitative estimate of drug-likeness (QED) is 0.395. The van der Waals surface area contributed by atoms with E-state index in [1.54, 1.807) is 24.6 Å². The molecule has 1 saturated heterocycles. The molecule has 0 radical (unpaired) electrons. The van der Waals surface area contributed by atoms with E-state index in [1.807, 2.05) is 6.07 Å². The minimum atomic E-state index is -1.55. The summed E-state index contributed by atoms with van der Waals surface area (Å²) < 4.78 is 10.9. The van der Waals surface area contributed by atoms with Crippen molar-refractivity contribution in [3.05, 3.63) is 57.9 Å². The second kappa shape index (κ2) is 8.64. The number of aromatic hydroxyl groups is 1. The molecule has 3 aromatic rings. The number of aliphatic hydroxyl groups excluding tert-OH is 4. The molecule has 0 amide bonds. The highest BCUT2D eigenvalue weighted by atomic mass is 35.5. The molecule has 0 bridgehead atoms. The number of furan rings is 1. The molecule has 30 heavy (non-hydrogen) atoms. The number of rotatable bonds is 5. The lowest BCUT2D eigenvalue weighted by atomic mass is 9.90. The van der Waals surface area contributed by atoms with Crippen LogP contribution in [0.2, 0.25) is 5.02 Å². The van der Waals surface area contributed by atoms with Gasteiger partial charge in [-0.15, -0.1) is 11.3 Å². The van der Waals surface area contributed by atoms with E-state index in [2.05, 4.69) is 4.98 Å². The summed E-state index contributed by atoms with van der Waals surface area (Å²) in [5.41, 5.74) is 0.816. The van der Waals surface area contributed by atoms with Gasteiger partial charge in [-0.2, -0.15) is 0 Å². The smallest absolute Gasteiger partial charge is 0.145 e. The van der Waals surface area contributed by atoms with Crippen LogP contribution in [0.4, 0.5) is 0 Å². The topological polar surface area (TPSA) is 136 Å². The van der Waals surface area contributed by atoms with E-state index in [4.69, 9.17) is 20.8 Å². The highest BCUT2D eigenvalue weighted by molar-refractivity contribution is 7.15. The highest BCUT2D eigenvalue weighted by Gasteiger charge is 2.44. The minimum absolute atomic E-state index is 0.189. The summed E-state index contributed by atoms with van der Waals surface area (Å²) in [5.74, 6) is 0.473. The molecule has 160 valence electrons. The third-order valence-corrected chi connectivity index (χ3v) is 6.42. The van der Waals surface area contributed by atoms with E-state index in [1.165, 1.54) is 17.4 Å². The number of phenolic OH excluding ortho intramolecular Hbond substituents is 1. The van der Waals surface area contributed by atoms with Gasteiger partial charge in [-0.25, -0.2) is 4.98 Å². The van der Waals surface area contributed by atoms with Crippen molar-refractivity contribution in [2.45, 2.75) is 36.9 Å². The number of halogens is 1. The third kappa shape index (κ3) is 3.97. The first-order chi connectivity index (χ1) is 14.4. The minimum Gasteiger partial charge on any atom is -0.508 e. The van der Waals surface area contributed by atoms with Gasteiger partial charge in [0.1, 0.15) is 42.0 Å². The Labute approximate surface area is 180 Å². The van der Waals surface area contributed by atoms with Gasteiger partial charge in [-0.05, 0) is 29.8 Å². The summed E-state index contributed by atoms with van der Waals surface area (Å²) in [6, 6.07) is 6.52. The Morgan fingerprint density at radius 3 is 2.63 bits per heavy atom. The van der Waals surface area contributed by atoms with Crippen molar-refractivity contribution in [3.63, 3.8) is 0 Å². The fraction of sp³-hybridized carbons (Fsp3) is 0.350. The van der Waals surface area contributed by atoms with Crippen molar-refractivity contribution in [1.82, 2.24) is 4.98 Å². The van der Waals surface area contributed by atoms with E-state index in [-0.39, 0.29) is 11.3 Å². The predicted molar refractivity (Wildman–Crippen MR) is 108 cm³/mol. The number of phenols is 1. The molecule has 2 aromatic heterocycles. The van der Waals surface area contributed by atoms with Gasteiger partial charge in [0.05, 0.1) is 22.8 Å². The molecule has 0 aliphatic carbocycles. The van der Waals surface area contributed by atoms with Crippen LogP contribution < -0.4 is 0 Å². The van der Waals surface area contributed by atoms with Gasteiger partial charge in [-0.3, -0.25) is 0 Å². The van der Waals surface area contributed by atoms with Crippen molar-refractivity contribution < 1.29 is 34.7 Å². The molecular weight excluding hydrogens is 434 g/mol. The molecule has 5 N–H and O–H groups in total. The largest absolute Gasteiger partial charge is 0.508 e. The Bertz CT molecular complexity index is 1010. The normalized spacial score (nSPS) is 26.8. The van der Waals surface area contributed by atoms with Crippen LogP contribution in [-0.4, -0.2) is 61.5 Å². The van der Waals surface area contributed by atoms with E-state index < -0.39 is 37.1 Å². The molecule has 1 fully saturated rings. The Morgan fingerprint density at radius 1 is 1.13 bits per heavy atom. The number of aliphatic hydroxyl groups is 4. The maximum atomic E-state index is 10.4. The van der Waals surface area contributed by atoms with Crippen LogP contribution in [0, 0.1) is 0 Å². The fourth-order valence-corrected chi connectivity index (χ4v) is 4.57. The lowest BCUT2D eigenvalue weighted by molar-refractivity contribution is -0.232. The van der Waals surface area contributed by atoms with Crippen molar-refractivity contribution >= 4 is 22.9 Å². The molecule has 0 saturated carbocycles. The Kier molecular flexibility index (Phi) is 6.12. The fourth-order valence-electron chi connectivity index (χ4n) is 3.44. The SMILES string of the molecule is OC[C@H]1OC(c2cc(Cc3ncc(-c4ccco4)s3)c(Cl)cc2O)[C@H](O)[C@@H](O)[C@@H]1O. The lowest BCUT2D eigenvalue weighted by Crippen LogP contribution is -2.55. The number of aromatic nitrogens is 1. The number of benzene rings is 1. The first-order valence-electron chi connectivity index (χ1n) is 9.19. The zero-order valence-electron chi connectivity index (χ0n) is 15.6. The molecule has 1 aliphatic heterocycles. The van der Waals surface area contributed by atoms with Crippen molar-refractivity contribution in [3.8, 4) is 16.4 Å². The molecule has 1 aromatic carbocycles. The van der Waals surface area contributed by atoms with Gasteiger partial charge in [0.25, 0.3) is 0 Å². The van der Waals surface area contributed by atoms with E-state index >= 15 is 0 Å². The van der Waals surface area contributed by atoms with Crippen LogP contribution in [-0.2, 0) is 11.2 Å². The number of nitrogens with zero attached hydrogens (tertiary/aromatic N) is 1. The summed E-state index contributed by atoms with van der Waals surface area (Å²) >= 11 is 7.74. The first-order valence-corrected chi connectivity index (χ1v) is 10.4. The predicted octanol–water partition coefficient (Wildman–Crippen LogP) is 1.87. The van der Waals surface area contributed by atoms with E-state index in [9.17, 15) is 25.5 Å². The van der Waals surface area contributed by atoms with Gasteiger partial charge in [0.15, 0.2) is 0 Å². The average Bonchev–Trinajstić information content (AvgIpc) is 3.41. The van der Waals surface area contributed by atoms with Crippen LogP contribution in [0.1, 0.15) is 22.2 Å². The maximum absolute atomic E-state index is 10.4. The van der Waals surface area contributed by atoms with Crippen LogP contribution in [0.25, 0.3) is 10.6 Å². The van der Waals surface area contributed by atoms with Crippen LogP contribution >= 0.6 is 22.9 Å². The zero-order valence-corrected chi connectivity index (χ0v) is 17.1. The number of hydrogen-bond acceptors (Lipinski definition) is 9. The molecule has 1 aliphatic rings. The van der Waals surface area contributed by atoms with Crippen molar-refractivity contribution in [2.24, 2.45) is 0 Å². The second-order valence-corrected chi connectivity index (χ2v) is 8.55. The lowest BCUT2D eigenvalue weighted by Gasteiger charge is -2.40. The van der Waals surface area contributed by atoms with Gasteiger partial charge < -0.3 is 34.7 Å². The summed E-state index contributed by atoms with van der Waals surface area (Å²) in [6.45, 7) is -0.558. The van der Waals surface area contributed by atoms with Gasteiger partial charge in [-0.1, -0.05) is 11.6 Å². The second-order valence-electron chi connectivity index (χ2n) is 7.02. The molecule has 10 heteroatoms. The third-order valence-electron chi connectivity index (χ3n) is 5.05. The summed E-state index contributed by atoms with van der Waals surface area (Å²) in [7, 11) is 0. The summed E-state index contributed by atoms with van der Waals surface area (Å²) in [6.07, 6.45) is -3.14. The Balaban J connectivity index is 1.63. The van der Waals surface area contributed by atoms with Gasteiger partial charge in [0, 0.05) is 23.2 Å². The van der Waals surface area contributed by atoms with E-state index in [0.717, 1.165) is 9.88 Å². The first kappa shape index (κ1) is 21.3. The molecule has 1 unspecified atom stereocenters. The zero-order chi connectivity index (χ0) is 21.4. The average molecular weight is 454 g/mol. The molecule has 8 nitrogen and oxygen atoms in total. The van der Waals surface area contributed by atoms with Gasteiger partial charge in [0.2, 0.25) is 0 Å². The van der Waals surface area contributed by atoms with Crippen LogP contribution in [0.3, 0.4) is 0 Å². The van der Waals surface area contributed by atoms with Crippen molar-refractivity contribution in [2.75, 3.05) is 6.61 Å². The number of hydrogen-bond donors (Lipinski definition) is 5. The standard InChI is InChI=1S/C20H20ClNO7S/c21-11-6-12(24)10(20-19(27)18(26)17(25)14(8-23)29-20)4-9(11)5-16-22-7-15(30-16)13-2-1-3-28-13/h1-4,6-7,14,17-20,23-27H,5,8H2/t14-,17-,18+,19-,20?/m1/s1. The van der Waals surface area contributed by atoms with Crippen LogP contribution in [0.15, 0.2) is 41.1 Å². The van der Waals surface area contributed by atoms with Crippen LogP contribution in [0.5, 0.6) is 5.75 Å². The number of thiazole rings is 1. The summed E-state index contributed by atoms with van der Waals surface area (Å²) in [5, 5.41) is 51.2. The summed E-state index contributed by atoms with van der Waals surface area (Å²) in [4.78, 5) is 5.25. The Hall–Kier alpha value is -1.98. The molecule has 0 spiro atoms. The maximum Gasteiger partial charge on any atom is 0.145 e. The molecule has 5 atom stereocenters. The van der Waals surface area contributed by atoms with E-state index in [0.29, 0.717) is 22.8 Å². The molecule has 3 heterocycles. The molecule has 4 rings (SSSR count). The number of ether oxygens (including phenoxy) is 1. The van der Waals surface area contributed by atoms with Gasteiger partial charge >= 0.3 is 0 Å².